The molecule has 2 aromatic carbocycles. The zero-order valence-electron chi connectivity index (χ0n) is 13.3. The van der Waals surface area contributed by atoms with Crippen molar-refractivity contribution in [2.75, 3.05) is 20.3 Å². The van der Waals surface area contributed by atoms with Crippen LogP contribution in [-0.2, 0) is 0 Å². The van der Waals surface area contributed by atoms with Gasteiger partial charge in [0.2, 0.25) is 0 Å². The highest BCUT2D eigenvalue weighted by Gasteiger charge is 2.14. The van der Waals surface area contributed by atoms with Gasteiger partial charge in [-0.2, -0.15) is 8.78 Å². The molecule has 0 fully saturated rings. The second-order valence-corrected chi connectivity index (χ2v) is 4.80. The molecule has 134 valence electrons. The number of carbonyl (C=O) groups is 1. The van der Waals surface area contributed by atoms with E-state index in [1.54, 1.807) is 0 Å². The first-order valence-corrected chi connectivity index (χ1v) is 7.29. The van der Waals surface area contributed by atoms with Crippen molar-refractivity contribution in [2.45, 2.75) is 6.61 Å². The number of methoxy groups -OCH3 is 1. The van der Waals surface area contributed by atoms with Crippen molar-refractivity contribution in [2.24, 2.45) is 0 Å². The Bertz CT molecular complexity index is 708. The van der Waals surface area contributed by atoms with Crippen LogP contribution in [0.2, 0.25) is 0 Å². The summed E-state index contributed by atoms with van der Waals surface area (Å²) in [7, 11) is 1.28. The van der Waals surface area contributed by atoms with Gasteiger partial charge in [0.15, 0.2) is 11.5 Å². The minimum Gasteiger partial charge on any atom is -0.493 e. The van der Waals surface area contributed by atoms with Gasteiger partial charge in [0.25, 0.3) is 5.91 Å². The molecule has 0 aliphatic heterocycles. The lowest BCUT2D eigenvalue weighted by Gasteiger charge is -2.12. The van der Waals surface area contributed by atoms with Crippen molar-refractivity contribution in [3.63, 3.8) is 0 Å². The van der Waals surface area contributed by atoms with E-state index < -0.39 is 12.5 Å². The number of halogens is 3. The topological polar surface area (TPSA) is 56.8 Å². The SMILES string of the molecule is COc1cc(C(=O)NCCOc2ccc(F)cc2)ccc1OC(F)F. The van der Waals surface area contributed by atoms with Gasteiger partial charge >= 0.3 is 6.61 Å². The minimum absolute atomic E-state index is 0.0236. The molecule has 0 heterocycles. The molecule has 0 radical (unpaired) electrons. The zero-order valence-corrected chi connectivity index (χ0v) is 13.3. The second-order valence-electron chi connectivity index (χ2n) is 4.80. The Hall–Kier alpha value is -2.90. The molecule has 1 N–H and O–H groups in total. The Morgan fingerprint density at radius 1 is 1.12 bits per heavy atom. The van der Waals surface area contributed by atoms with E-state index >= 15 is 0 Å². The molecule has 0 aromatic heterocycles. The van der Waals surface area contributed by atoms with Gasteiger partial charge in [0, 0.05) is 5.56 Å². The Balaban J connectivity index is 1.86. The van der Waals surface area contributed by atoms with Crippen molar-refractivity contribution >= 4 is 5.91 Å². The summed E-state index contributed by atoms with van der Waals surface area (Å²) < 4.78 is 51.9. The lowest BCUT2D eigenvalue weighted by molar-refractivity contribution is -0.0512. The van der Waals surface area contributed by atoms with E-state index in [-0.39, 0.29) is 36.0 Å². The third-order valence-electron chi connectivity index (χ3n) is 3.11. The predicted molar refractivity (Wildman–Crippen MR) is 83.9 cm³/mol. The fraction of sp³-hybridized carbons (Fsp3) is 0.235. The maximum Gasteiger partial charge on any atom is 0.387 e. The van der Waals surface area contributed by atoms with E-state index in [1.165, 1.54) is 49.6 Å². The molecule has 0 unspecified atom stereocenters. The number of benzene rings is 2. The molecule has 25 heavy (non-hydrogen) atoms. The Morgan fingerprint density at radius 2 is 1.84 bits per heavy atom. The lowest BCUT2D eigenvalue weighted by Crippen LogP contribution is -2.28. The molecule has 0 spiro atoms. The summed E-state index contributed by atoms with van der Waals surface area (Å²) >= 11 is 0. The molecular formula is C17H16F3NO4. The quantitative estimate of drug-likeness (QED) is 0.739. The number of hydrogen-bond acceptors (Lipinski definition) is 4. The number of ether oxygens (including phenoxy) is 3. The standard InChI is InChI=1S/C17H16F3NO4/c1-23-15-10-11(2-7-14(15)25-17(19)20)16(22)21-8-9-24-13-5-3-12(18)4-6-13/h2-7,10,17H,8-9H2,1H3,(H,21,22). The van der Waals surface area contributed by atoms with Crippen LogP contribution in [0.1, 0.15) is 10.4 Å². The average Bonchev–Trinajstić information content (AvgIpc) is 2.60. The Kier molecular flexibility index (Phi) is 6.50. The van der Waals surface area contributed by atoms with Gasteiger partial charge in [-0.1, -0.05) is 0 Å². The third kappa shape index (κ3) is 5.59. The van der Waals surface area contributed by atoms with Crippen LogP contribution < -0.4 is 19.5 Å². The summed E-state index contributed by atoms with van der Waals surface area (Å²) in [6, 6.07) is 9.36. The van der Waals surface area contributed by atoms with E-state index in [0.717, 1.165) is 0 Å². The number of carbonyl (C=O) groups excluding carboxylic acids is 1. The molecule has 1 amide bonds. The fourth-order valence-corrected chi connectivity index (χ4v) is 1.97. The van der Waals surface area contributed by atoms with Crippen LogP contribution in [0.3, 0.4) is 0 Å². The summed E-state index contributed by atoms with van der Waals surface area (Å²) in [5.74, 6) is -0.450. The largest absolute Gasteiger partial charge is 0.493 e. The summed E-state index contributed by atoms with van der Waals surface area (Å²) in [4.78, 5) is 12.0. The second kappa shape index (κ2) is 8.81. The average molecular weight is 355 g/mol. The van der Waals surface area contributed by atoms with Crippen molar-refractivity contribution in [3.05, 3.63) is 53.8 Å². The first-order valence-electron chi connectivity index (χ1n) is 7.29. The highest BCUT2D eigenvalue weighted by atomic mass is 19.3. The minimum atomic E-state index is -2.99. The lowest BCUT2D eigenvalue weighted by atomic mass is 10.2. The third-order valence-corrected chi connectivity index (χ3v) is 3.11. The van der Waals surface area contributed by atoms with Gasteiger partial charge in [-0.15, -0.1) is 0 Å². The molecule has 0 aliphatic carbocycles. The molecule has 2 aromatic rings. The zero-order chi connectivity index (χ0) is 18.2. The number of amides is 1. The molecule has 5 nitrogen and oxygen atoms in total. The molecule has 2 rings (SSSR count). The monoisotopic (exact) mass is 355 g/mol. The Morgan fingerprint density at radius 3 is 2.48 bits per heavy atom. The molecule has 0 bridgehead atoms. The number of nitrogens with one attached hydrogen (secondary N) is 1. The first-order chi connectivity index (χ1) is 12.0. The van der Waals surface area contributed by atoms with Gasteiger partial charge in [0.1, 0.15) is 18.2 Å². The van der Waals surface area contributed by atoms with Crippen molar-refractivity contribution in [1.82, 2.24) is 5.32 Å². The van der Waals surface area contributed by atoms with Gasteiger partial charge < -0.3 is 19.5 Å². The predicted octanol–water partition coefficient (Wildman–Crippen LogP) is 3.24. The summed E-state index contributed by atoms with van der Waals surface area (Å²) in [6.45, 7) is -2.60. The summed E-state index contributed by atoms with van der Waals surface area (Å²) in [5, 5.41) is 2.61. The van der Waals surface area contributed by atoms with Crippen LogP contribution in [0.25, 0.3) is 0 Å². The van der Waals surface area contributed by atoms with Gasteiger partial charge in [-0.25, -0.2) is 4.39 Å². The highest BCUT2D eigenvalue weighted by Crippen LogP contribution is 2.29. The van der Waals surface area contributed by atoms with Crippen LogP contribution in [-0.4, -0.2) is 32.8 Å². The highest BCUT2D eigenvalue weighted by molar-refractivity contribution is 5.94. The summed E-state index contributed by atoms with van der Waals surface area (Å²) in [6.07, 6.45) is 0. The van der Waals surface area contributed by atoms with Crippen LogP contribution >= 0.6 is 0 Å². The van der Waals surface area contributed by atoms with Gasteiger partial charge in [-0.3, -0.25) is 4.79 Å². The van der Waals surface area contributed by atoms with Crippen molar-refractivity contribution in [1.29, 1.82) is 0 Å². The van der Waals surface area contributed by atoms with Crippen molar-refractivity contribution < 1.29 is 32.2 Å². The molecule has 0 saturated heterocycles. The Labute approximate surface area is 142 Å². The van der Waals surface area contributed by atoms with Gasteiger partial charge in [-0.05, 0) is 42.5 Å². The van der Waals surface area contributed by atoms with Crippen LogP contribution in [0.5, 0.6) is 17.2 Å². The van der Waals surface area contributed by atoms with Gasteiger partial charge in [0.05, 0.1) is 13.7 Å². The first kappa shape index (κ1) is 18.4. The molecule has 0 atom stereocenters. The smallest absolute Gasteiger partial charge is 0.387 e. The normalized spacial score (nSPS) is 10.4. The van der Waals surface area contributed by atoms with E-state index in [2.05, 4.69) is 10.1 Å². The number of hydrogen-bond donors (Lipinski definition) is 1. The van der Waals surface area contributed by atoms with E-state index in [1.807, 2.05) is 0 Å². The van der Waals surface area contributed by atoms with E-state index in [4.69, 9.17) is 9.47 Å². The maximum atomic E-state index is 12.8. The van der Waals surface area contributed by atoms with Crippen LogP contribution in [0.15, 0.2) is 42.5 Å². The molecule has 8 heteroatoms. The van der Waals surface area contributed by atoms with Crippen LogP contribution in [0, 0.1) is 5.82 Å². The van der Waals surface area contributed by atoms with E-state index in [9.17, 15) is 18.0 Å². The number of alkyl halides is 2. The van der Waals surface area contributed by atoms with Crippen molar-refractivity contribution in [3.8, 4) is 17.2 Å². The van der Waals surface area contributed by atoms with E-state index in [0.29, 0.717) is 5.75 Å². The molecule has 0 saturated carbocycles. The molecule has 0 aliphatic rings. The number of rotatable bonds is 8. The van der Waals surface area contributed by atoms with Crippen LogP contribution in [0.4, 0.5) is 13.2 Å². The maximum absolute atomic E-state index is 12.8. The fourth-order valence-electron chi connectivity index (χ4n) is 1.97. The summed E-state index contributed by atoms with van der Waals surface area (Å²) in [5.41, 5.74) is 0.222. The molecular weight excluding hydrogens is 339 g/mol.